The molecule has 3 rings (SSSR count). The molecule has 17 heteroatoms. The summed E-state index contributed by atoms with van der Waals surface area (Å²) in [6, 6.07) is 7.76. The van der Waals surface area contributed by atoms with Gasteiger partial charge in [-0.05, 0) is 57.4 Å². The lowest BCUT2D eigenvalue weighted by Crippen LogP contribution is -2.62. The molecule has 0 aliphatic carbocycles. The van der Waals surface area contributed by atoms with Crippen molar-refractivity contribution in [1.82, 2.24) is 30.7 Å². The zero-order valence-corrected chi connectivity index (χ0v) is 41.4. The maximum absolute atomic E-state index is 14.4. The highest BCUT2D eigenvalue weighted by molar-refractivity contribution is 7.09. The number of likely N-dealkylation sites (N-methyl/N-ethyl adjacent to an activating group) is 1. The van der Waals surface area contributed by atoms with Gasteiger partial charge in [-0.1, -0.05) is 71.4 Å². The number of hydrogen-bond donors (Lipinski definition) is 3. The van der Waals surface area contributed by atoms with Gasteiger partial charge >= 0.3 is 0 Å². The van der Waals surface area contributed by atoms with E-state index in [2.05, 4.69) is 20.9 Å². The Morgan fingerprint density at radius 2 is 1.60 bits per heavy atom. The number of thiazole rings is 1. The minimum absolute atomic E-state index is 0.00924. The zero-order chi connectivity index (χ0) is 48.3. The van der Waals surface area contributed by atoms with E-state index in [0.717, 1.165) is 17.0 Å². The summed E-state index contributed by atoms with van der Waals surface area (Å²) in [6.45, 7) is 15.6. The highest BCUT2D eigenvalue weighted by Crippen LogP contribution is 2.30. The second kappa shape index (κ2) is 27.4. The van der Waals surface area contributed by atoms with Gasteiger partial charge < -0.3 is 44.7 Å². The van der Waals surface area contributed by atoms with Crippen LogP contribution in [0.2, 0.25) is 0 Å². The molecule has 1 saturated heterocycles. The summed E-state index contributed by atoms with van der Waals surface area (Å²) in [5.41, 5.74) is -0.283. The SMILES string of the molecule is CC[C@H](C)[C@@H]([C@@H](CC(=O)N1CCC[C@H]1[C@H](OC)[C@@H](C)C(=O)N[C@@H](Cc1ccccc1)c1nccs1)OC)N(C)C(=O)[C@@H](NC(=O)C(C)(C)NC(=O)CCOCCOCCC(C)=O)C(C)C. The van der Waals surface area contributed by atoms with Crippen LogP contribution in [0, 0.1) is 17.8 Å². The lowest BCUT2D eigenvalue weighted by atomic mass is 9.89. The number of amides is 5. The number of nitrogens with one attached hydrogen (secondary N) is 3. The number of nitrogens with zero attached hydrogens (tertiary/aromatic N) is 3. The third-order valence-corrected chi connectivity index (χ3v) is 13.2. The van der Waals surface area contributed by atoms with Crippen LogP contribution in [-0.4, -0.2) is 140 Å². The average Bonchev–Trinajstić information content (AvgIpc) is 3.99. The van der Waals surface area contributed by atoms with Crippen LogP contribution in [0.4, 0.5) is 0 Å². The van der Waals surface area contributed by atoms with E-state index in [1.807, 2.05) is 70.3 Å². The summed E-state index contributed by atoms with van der Waals surface area (Å²) >= 11 is 1.49. The number of Topliss-reactive ketones (excluding diaryl/α,β-unsaturated/α-hetero) is 1. The number of benzene rings is 1. The van der Waals surface area contributed by atoms with E-state index in [0.29, 0.717) is 45.4 Å². The summed E-state index contributed by atoms with van der Waals surface area (Å²) in [5.74, 6) is -2.61. The third-order valence-electron chi connectivity index (χ3n) is 12.3. The van der Waals surface area contributed by atoms with Gasteiger partial charge in [-0.3, -0.25) is 28.8 Å². The topological polar surface area (TPSA) is 195 Å². The summed E-state index contributed by atoms with van der Waals surface area (Å²) in [6.07, 6.45) is 3.43. The van der Waals surface area contributed by atoms with E-state index in [-0.39, 0.29) is 73.5 Å². The Balaban J connectivity index is 1.68. The van der Waals surface area contributed by atoms with E-state index in [1.54, 1.807) is 44.0 Å². The van der Waals surface area contributed by atoms with Gasteiger partial charge in [-0.15, -0.1) is 11.3 Å². The van der Waals surface area contributed by atoms with E-state index in [9.17, 15) is 28.8 Å². The number of hydrogen-bond acceptors (Lipinski definition) is 12. The Kier molecular flexibility index (Phi) is 23.2. The molecule has 364 valence electrons. The molecule has 0 radical (unpaired) electrons. The van der Waals surface area contributed by atoms with E-state index >= 15 is 0 Å². The standard InChI is InChI=1S/C48H76N6O10S/c1-12-32(4)42(53(9)46(59)41(31(2)3)51-47(60)48(7,8)52-39(56)21-25-64-27-26-63-24-20-33(5)55)38(61-10)30-40(57)54-23-16-19-37(54)43(62-11)34(6)44(58)50-36(45-49-22-28-65-45)29-35-17-14-13-15-18-35/h13-15,17-18,22,28,31-32,34,36-38,41-43H,12,16,19-21,23-27,29-30H2,1-11H3,(H,50,58)(H,51,60)(H,52,56)/t32-,34+,36-,37-,38+,41-,42-,43+/m0/s1. The van der Waals surface area contributed by atoms with Gasteiger partial charge in [0.15, 0.2) is 0 Å². The summed E-state index contributed by atoms with van der Waals surface area (Å²) < 4.78 is 22.9. The summed E-state index contributed by atoms with van der Waals surface area (Å²) in [4.78, 5) is 88.2. The molecule has 8 atom stereocenters. The molecule has 5 amide bonds. The molecule has 2 aromatic rings. The number of carbonyl (C=O) groups is 6. The van der Waals surface area contributed by atoms with Crippen LogP contribution in [-0.2, 0) is 54.1 Å². The van der Waals surface area contributed by atoms with Crippen LogP contribution < -0.4 is 16.0 Å². The molecule has 1 aromatic carbocycles. The molecule has 0 unspecified atom stereocenters. The van der Waals surface area contributed by atoms with Crippen LogP contribution in [0.5, 0.6) is 0 Å². The number of aromatic nitrogens is 1. The van der Waals surface area contributed by atoms with E-state index < -0.39 is 47.6 Å². The van der Waals surface area contributed by atoms with Crippen molar-refractivity contribution in [2.75, 3.05) is 54.2 Å². The van der Waals surface area contributed by atoms with Gasteiger partial charge in [0.1, 0.15) is 22.4 Å². The first-order chi connectivity index (χ1) is 30.9. The van der Waals surface area contributed by atoms with Crippen LogP contribution in [0.15, 0.2) is 41.9 Å². The first kappa shape index (κ1) is 55.0. The van der Waals surface area contributed by atoms with Crippen molar-refractivity contribution in [2.45, 2.75) is 142 Å². The quantitative estimate of drug-likeness (QED) is 0.0940. The molecule has 0 spiro atoms. The van der Waals surface area contributed by atoms with Crippen molar-refractivity contribution < 1.29 is 47.7 Å². The molecule has 0 bridgehead atoms. The fraction of sp³-hybridized carbons (Fsp3) is 0.688. The van der Waals surface area contributed by atoms with Crippen molar-refractivity contribution >= 4 is 46.7 Å². The molecule has 1 fully saturated rings. The fourth-order valence-electron chi connectivity index (χ4n) is 8.29. The smallest absolute Gasteiger partial charge is 0.245 e. The first-order valence-corrected chi connectivity index (χ1v) is 23.9. The largest absolute Gasteiger partial charge is 0.379 e. The lowest BCUT2D eigenvalue weighted by molar-refractivity contribution is -0.148. The zero-order valence-electron chi connectivity index (χ0n) is 40.6. The normalized spacial score (nSPS) is 17.4. The number of ketones is 1. The second-order valence-corrected chi connectivity index (χ2v) is 18.9. The van der Waals surface area contributed by atoms with Gasteiger partial charge in [0, 0.05) is 52.2 Å². The highest BCUT2D eigenvalue weighted by Gasteiger charge is 2.43. The molecule has 1 aliphatic heterocycles. The van der Waals surface area contributed by atoms with Crippen molar-refractivity contribution in [3.8, 4) is 0 Å². The third kappa shape index (κ3) is 16.8. The molecule has 3 N–H and O–H groups in total. The number of ether oxygens (including phenoxy) is 4. The minimum atomic E-state index is -1.36. The number of rotatable bonds is 29. The maximum Gasteiger partial charge on any atom is 0.245 e. The van der Waals surface area contributed by atoms with Crippen LogP contribution >= 0.6 is 11.3 Å². The predicted molar refractivity (Wildman–Crippen MR) is 250 cm³/mol. The van der Waals surface area contributed by atoms with Crippen molar-refractivity contribution in [3.05, 3.63) is 52.5 Å². The molecule has 0 saturated carbocycles. The molecular formula is C48H76N6O10S. The lowest BCUT2D eigenvalue weighted by Gasteiger charge is -2.41. The molecule has 1 aromatic heterocycles. The Bertz CT molecular complexity index is 1800. The summed E-state index contributed by atoms with van der Waals surface area (Å²) in [5, 5.41) is 11.6. The van der Waals surface area contributed by atoms with Gasteiger partial charge in [-0.25, -0.2) is 4.98 Å². The minimum Gasteiger partial charge on any atom is -0.379 e. The molecule has 65 heavy (non-hydrogen) atoms. The van der Waals surface area contributed by atoms with E-state index in [4.69, 9.17) is 18.9 Å². The van der Waals surface area contributed by atoms with Crippen molar-refractivity contribution in [3.63, 3.8) is 0 Å². The molecule has 16 nitrogen and oxygen atoms in total. The van der Waals surface area contributed by atoms with Crippen LogP contribution in [0.25, 0.3) is 0 Å². The molecular weight excluding hydrogens is 853 g/mol. The summed E-state index contributed by atoms with van der Waals surface area (Å²) in [7, 11) is 4.79. The van der Waals surface area contributed by atoms with Crippen LogP contribution in [0.3, 0.4) is 0 Å². The van der Waals surface area contributed by atoms with Crippen molar-refractivity contribution in [1.29, 1.82) is 0 Å². The van der Waals surface area contributed by atoms with Crippen LogP contribution in [0.1, 0.15) is 111 Å². The van der Waals surface area contributed by atoms with E-state index in [1.165, 1.54) is 25.4 Å². The second-order valence-electron chi connectivity index (χ2n) is 18.0. The van der Waals surface area contributed by atoms with Crippen molar-refractivity contribution in [2.24, 2.45) is 17.8 Å². The monoisotopic (exact) mass is 929 g/mol. The first-order valence-electron chi connectivity index (χ1n) is 23.0. The number of carbonyl (C=O) groups excluding carboxylic acids is 6. The van der Waals surface area contributed by atoms with Gasteiger partial charge in [0.05, 0.1) is 69.1 Å². The molecule has 2 heterocycles. The Morgan fingerprint density at radius 1 is 0.938 bits per heavy atom. The highest BCUT2D eigenvalue weighted by atomic mass is 32.1. The number of methoxy groups -OCH3 is 2. The Labute approximate surface area is 390 Å². The maximum atomic E-state index is 14.4. The average molecular weight is 929 g/mol. The number of likely N-dealkylation sites (tertiary alicyclic amines) is 1. The van der Waals surface area contributed by atoms with Gasteiger partial charge in [0.2, 0.25) is 29.5 Å². The van der Waals surface area contributed by atoms with Gasteiger partial charge in [0.25, 0.3) is 0 Å². The fourth-order valence-corrected chi connectivity index (χ4v) is 8.98. The predicted octanol–water partition coefficient (Wildman–Crippen LogP) is 4.90. The Morgan fingerprint density at radius 3 is 2.17 bits per heavy atom. The Hall–Kier alpha value is -4.29. The molecule has 1 aliphatic rings. The van der Waals surface area contributed by atoms with Gasteiger partial charge in [-0.2, -0.15) is 0 Å².